The lowest BCUT2D eigenvalue weighted by Crippen LogP contribution is -2.36. The predicted molar refractivity (Wildman–Crippen MR) is 133 cm³/mol. The molecule has 0 bridgehead atoms. The molecule has 2 aliphatic rings. The van der Waals surface area contributed by atoms with E-state index in [-0.39, 0.29) is 24.5 Å². The average molecular weight is 486 g/mol. The Balaban J connectivity index is 1.36. The van der Waals surface area contributed by atoms with E-state index in [2.05, 4.69) is 26.2 Å². The second-order valence-electron chi connectivity index (χ2n) is 9.03. The summed E-state index contributed by atoms with van der Waals surface area (Å²) in [6, 6.07) is 5.84. The number of aryl methyl sites for hydroxylation is 3. The molecule has 0 spiro atoms. The van der Waals surface area contributed by atoms with Gasteiger partial charge in [-0.25, -0.2) is 9.97 Å². The number of anilines is 1. The topological polar surface area (TPSA) is 111 Å². The Kier molecular flexibility index (Phi) is 6.45. The standard InChI is InChI=1S/C27H27N5O4/c1-16-11-17(2)20(24(12-16)35-3)14-32-25(34)9-7-19-26(29-15-30-27(19)32)23(33)8-6-18-13-22(31-36-18)21-5-4-10-28-21/h4,10-13,15H,5-9,14H2,1-3H3. The fourth-order valence-electron chi connectivity index (χ4n) is 4.71. The number of ether oxygens (including phenoxy) is 1. The van der Waals surface area contributed by atoms with E-state index in [1.165, 1.54) is 6.33 Å². The van der Waals surface area contributed by atoms with Gasteiger partial charge in [0.1, 0.15) is 35.0 Å². The van der Waals surface area contributed by atoms with Crippen molar-refractivity contribution in [2.45, 2.75) is 52.5 Å². The number of hydrogen-bond acceptors (Lipinski definition) is 8. The third-order valence-corrected chi connectivity index (χ3v) is 6.54. The maximum absolute atomic E-state index is 13.2. The molecule has 4 heterocycles. The second-order valence-corrected chi connectivity index (χ2v) is 9.03. The first-order chi connectivity index (χ1) is 17.4. The molecule has 1 aromatic carbocycles. The zero-order valence-electron chi connectivity index (χ0n) is 20.6. The van der Waals surface area contributed by atoms with Crippen LogP contribution in [0.15, 0.2) is 46.3 Å². The summed E-state index contributed by atoms with van der Waals surface area (Å²) in [5.74, 6) is 1.67. The van der Waals surface area contributed by atoms with Gasteiger partial charge in [-0.3, -0.25) is 19.5 Å². The van der Waals surface area contributed by atoms with Crippen LogP contribution >= 0.6 is 0 Å². The SMILES string of the molecule is COc1cc(C)cc(C)c1CN1C(=O)CCc2c(C(=O)CCc3cc(C4=NC=CC4)no3)ncnc21. The van der Waals surface area contributed by atoms with E-state index in [0.717, 1.165) is 34.6 Å². The molecule has 3 aromatic rings. The van der Waals surface area contributed by atoms with Gasteiger partial charge >= 0.3 is 0 Å². The number of carbonyl (C=O) groups excluding carboxylic acids is 2. The number of nitrogens with zero attached hydrogens (tertiary/aromatic N) is 5. The molecular formula is C27H27N5O4. The molecule has 0 saturated carbocycles. The molecule has 1 amide bonds. The number of benzene rings is 1. The summed E-state index contributed by atoms with van der Waals surface area (Å²) in [6.45, 7) is 4.32. The maximum atomic E-state index is 13.2. The van der Waals surface area contributed by atoms with Crippen molar-refractivity contribution >= 4 is 23.2 Å². The van der Waals surface area contributed by atoms with E-state index in [1.54, 1.807) is 18.2 Å². The van der Waals surface area contributed by atoms with E-state index in [4.69, 9.17) is 9.26 Å². The zero-order valence-corrected chi connectivity index (χ0v) is 20.6. The van der Waals surface area contributed by atoms with Crippen molar-refractivity contribution in [2.75, 3.05) is 12.0 Å². The number of carbonyl (C=O) groups is 2. The van der Waals surface area contributed by atoms with Gasteiger partial charge in [0.2, 0.25) is 5.91 Å². The van der Waals surface area contributed by atoms with Gasteiger partial charge in [0.25, 0.3) is 0 Å². The molecule has 0 radical (unpaired) electrons. The normalized spacial score (nSPS) is 14.7. The van der Waals surface area contributed by atoms with Crippen LogP contribution in [0.5, 0.6) is 5.75 Å². The first-order valence-electron chi connectivity index (χ1n) is 11.9. The highest BCUT2D eigenvalue weighted by molar-refractivity contribution is 6.02. The zero-order chi connectivity index (χ0) is 25.2. The molecule has 0 unspecified atom stereocenters. The van der Waals surface area contributed by atoms with E-state index in [9.17, 15) is 9.59 Å². The quantitative estimate of drug-likeness (QED) is 0.442. The molecule has 0 aliphatic carbocycles. The molecular weight excluding hydrogens is 458 g/mol. The van der Waals surface area contributed by atoms with Crippen molar-refractivity contribution in [3.8, 4) is 5.75 Å². The Morgan fingerprint density at radius 1 is 1.17 bits per heavy atom. The second kappa shape index (κ2) is 9.85. The highest BCUT2D eigenvalue weighted by atomic mass is 16.5. The summed E-state index contributed by atoms with van der Waals surface area (Å²) < 4.78 is 11.0. The Morgan fingerprint density at radius 3 is 2.81 bits per heavy atom. The molecule has 184 valence electrons. The van der Waals surface area contributed by atoms with Crippen LogP contribution in [0.1, 0.15) is 63.5 Å². The van der Waals surface area contributed by atoms with Crippen LogP contribution in [0, 0.1) is 13.8 Å². The number of aliphatic imine (C=N–C) groups is 1. The van der Waals surface area contributed by atoms with Crippen LogP contribution in [-0.4, -0.2) is 39.6 Å². The summed E-state index contributed by atoms with van der Waals surface area (Å²) in [5.41, 5.74) is 5.64. The van der Waals surface area contributed by atoms with Crippen molar-refractivity contribution in [3.63, 3.8) is 0 Å². The monoisotopic (exact) mass is 485 g/mol. The minimum atomic E-state index is -0.120. The first kappa shape index (κ1) is 23.6. The number of allylic oxidation sites excluding steroid dienone is 1. The van der Waals surface area contributed by atoms with Crippen molar-refractivity contribution in [2.24, 2.45) is 4.99 Å². The molecule has 2 aliphatic heterocycles. The smallest absolute Gasteiger partial charge is 0.228 e. The van der Waals surface area contributed by atoms with Crippen LogP contribution in [0.2, 0.25) is 0 Å². The number of amides is 1. The number of ketones is 1. The van der Waals surface area contributed by atoms with Crippen molar-refractivity contribution in [1.82, 2.24) is 15.1 Å². The van der Waals surface area contributed by atoms with Gasteiger partial charge < -0.3 is 9.26 Å². The van der Waals surface area contributed by atoms with E-state index >= 15 is 0 Å². The van der Waals surface area contributed by atoms with Crippen LogP contribution < -0.4 is 9.64 Å². The molecule has 9 heteroatoms. The third-order valence-electron chi connectivity index (χ3n) is 6.54. The number of hydrogen-bond donors (Lipinski definition) is 0. The number of aromatic nitrogens is 3. The lowest BCUT2D eigenvalue weighted by Gasteiger charge is -2.30. The average Bonchev–Trinajstić information content (AvgIpc) is 3.57. The van der Waals surface area contributed by atoms with Gasteiger partial charge in [-0.2, -0.15) is 0 Å². The van der Waals surface area contributed by atoms with Crippen LogP contribution in [0.25, 0.3) is 0 Å². The fraction of sp³-hybridized carbons (Fsp3) is 0.333. The Bertz CT molecular complexity index is 1410. The Labute approximate surface area is 208 Å². The van der Waals surface area contributed by atoms with Gasteiger partial charge in [-0.15, -0.1) is 0 Å². The third kappa shape index (κ3) is 4.56. The highest BCUT2D eigenvalue weighted by Crippen LogP contribution is 2.33. The summed E-state index contributed by atoms with van der Waals surface area (Å²) >= 11 is 0. The summed E-state index contributed by atoms with van der Waals surface area (Å²) in [4.78, 5) is 40.7. The fourth-order valence-corrected chi connectivity index (χ4v) is 4.71. The molecule has 0 fully saturated rings. The van der Waals surface area contributed by atoms with E-state index in [0.29, 0.717) is 47.9 Å². The van der Waals surface area contributed by atoms with E-state index < -0.39 is 0 Å². The summed E-state index contributed by atoms with van der Waals surface area (Å²) in [7, 11) is 1.62. The highest BCUT2D eigenvalue weighted by Gasteiger charge is 2.31. The van der Waals surface area contributed by atoms with E-state index in [1.807, 2.05) is 32.1 Å². The summed E-state index contributed by atoms with van der Waals surface area (Å²) in [6.07, 6.45) is 7.10. The molecule has 2 aromatic heterocycles. The molecule has 5 rings (SSSR count). The van der Waals surface area contributed by atoms with Gasteiger partial charge in [0.05, 0.1) is 19.4 Å². The first-order valence-corrected chi connectivity index (χ1v) is 11.9. The number of rotatable bonds is 8. The maximum Gasteiger partial charge on any atom is 0.228 e. The minimum absolute atomic E-state index is 0.0415. The van der Waals surface area contributed by atoms with Gasteiger partial charge in [0.15, 0.2) is 5.78 Å². The molecule has 0 N–H and O–H groups in total. The molecule has 9 nitrogen and oxygen atoms in total. The lowest BCUT2D eigenvalue weighted by atomic mass is 9.97. The largest absolute Gasteiger partial charge is 0.496 e. The van der Waals surface area contributed by atoms with Crippen LogP contribution in [0.3, 0.4) is 0 Å². The Hall–Kier alpha value is -4.14. The number of Topliss-reactive ketones (excluding diaryl/α,β-unsaturated/α-hetero) is 1. The van der Waals surface area contributed by atoms with Crippen molar-refractivity contribution in [1.29, 1.82) is 0 Å². The van der Waals surface area contributed by atoms with Gasteiger partial charge in [-0.05, 0) is 37.5 Å². The van der Waals surface area contributed by atoms with Crippen molar-refractivity contribution in [3.05, 3.63) is 76.2 Å². The molecule has 0 atom stereocenters. The predicted octanol–water partition coefficient (Wildman–Crippen LogP) is 4.09. The van der Waals surface area contributed by atoms with Crippen LogP contribution in [0.4, 0.5) is 5.82 Å². The molecule has 36 heavy (non-hydrogen) atoms. The van der Waals surface area contributed by atoms with Crippen LogP contribution in [-0.2, 0) is 24.2 Å². The number of methoxy groups -OCH3 is 1. The molecule has 0 saturated heterocycles. The van der Waals surface area contributed by atoms with Gasteiger partial charge in [-0.1, -0.05) is 17.3 Å². The van der Waals surface area contributed by atoms with Gasteiger partial charge in [0, 0.05) is 49.1 Å². The number of fused-ring (bicyclic) bond motifs is 1. The Morgan fingerprint density at radius 2 is 2.03 bits per heavy atom. The van der Waals surface area contributed by atoms with Crippen molar-refractivity contribution < 1.29 is 18.8 Å². The minimum Gasteiger partial charge on any atom is -0.496 e. The summed E-state index contributed by atoms with van der Waals surface area (Å²) in [5, 5.41) is 4.07. The lowest BCUT2D eigenvalue weighted by molar-refractivity contribution is -0.119.